The summed E-state index contributed by atoms with van der Waals surface area (Å²) in [6.07, 6.45) is 0. The Hall–Kier alpha value is -2.29. The Morgan fingerprint density at radius 3 is 2.21 bits per heavy atom. The van der Waals surface area contributed by atoms with E-state index in [4.69, 9.17) is 21.1 Å². The van der Waals surface area contributed by atoms with E-state index in [0.29, 0.717) is 17.2 Å². The number of benzene rings is 2. The van der Waals surface area contributed by atoms with Crippen molar-refractivity contribution in [2.24, 2.45) is 0 Å². The zero-order valence-electron chi connectivity index (χ0n) is 16.3. The van der Waals surface area contributed by atoms with Crippen LogP contribution in [-0.4, -0.2) is 34.1 Å². The lowest BCUT2D eigenvalue weighted by atomic mass is 10.1. The summed E-state index contributed by atoms with van der Waals surface area (Å²) >= 11 is 6.07. The monoisotopic (exact) mass is 426 g/mol. The van der Waals surface area contributed by atoms with E-state index in [1.807, 2.05) is 0 Å². The van der Waals surface area contributed by atoms with Gasteiger partial charge in [-0.1, -0.05) is 11.6 Å². The third-order valence-corrected chi connectivity index (χ3v) is 5.80. The SMILES string of the molecule is COc1ccc(NC(=O)c2ccc(Cl)c(S(=O)(=O)NC(C)(C)C)c2)cc1OC. The largest absolute Gasteiger partial charge is 0.493 e. The van der Waals surface area contributed by atoms with Crippen LogP contribution in [0.4, 0.5) is 5.69 Å². The molecule has 2 aromatic carbocycles. The van der Waals surface area contributed by atoms with Crippen LogP contribution in [0.1, 0.15) is 31.1 Å². The molecule has 0 saturated heterocycles. The number of carbonyl (C=O) groups is 1. The van der Waals surface area contributed by atoms with Crippen LogP contribution in [0.3, 0.4) is 0 Å². The van der Waals surface area contributed by atoms with Crippen molar-refractivity contribution in [1.29, 1.82) is 0 Å². The quantitative estimate of drug-likeness (QED) is 0.734. The molecular weight excluding hydrogens is 404 g/mol. The molecule has 0 aliphatic rings. The van der Waals surface area contributed by atoms with E-state index in [0.717, 1.165) is 0 Å². The van der Waals surface area contributed by atoms with E-state index < -0.39 is 21.5 Å². The molecule has 28 heavy (non-hydrogen) atoms. The van der Waals surface area contributed by atoms with Crippen LogP contribution < -0.4 is 19.5 Å². The summed E-state index contributed by atoms with van der Waals surface area (Å²) in [7, 11) is -0.896. The Morgan fingerprint density at radius 2 is 1.64 bits per heavy atom. The topological polar surface area (TPSA) is 93.7 Å². The lowest BCUT2D eigenvalue weighted by Gasteiger charge is -2.21. The van der Waals surface area contributed by atoms with Crippen molar-refractivity contribution in [3.05, 3.63) is 47.0 Å². The van der Waals surface area contributed by atoms with Crippen molar-refractivity contribution in [3.8, 4) is 11.5 Å². The summed E-state index contributed by atoms with van der Waals surface area (Å²) in [4.78, 5) is 12.4. The smallest absolute Gasteiger partial charge is 0.255 e. The third-order valence-electron chi connectivity index (χ3n) is 3.56. The highest BCUT2D eigenvalue weighted by molar-refractivity contribution is 7.89. The maximum atomic E-state index is 12.6. The maximum Gasteiger partial charge on any atom is 0.255 e. The van der Waals surface area contributed by atoms with Gasteiger partial charge in [-0.3, -0.25) is 4.79 Å². The first-order valence-corrected chi connectivity index (χ1v) is 10.2. The molecule has 0 spiro atoms. The number of hydrogen-bond donors (Lipinski definition) is 2. The molecule has 0 heterocycles. The van der Waals surface area contributed by atoms with Gasteiger partial charge >= 0.3 is 0 Å². The van der Waals surface area contributed by atoms with Crippen LogP contribution in [-0.2, 0) is 10.0 Å². The number of nitrogens with one attached hydrogen (secondary N) is 2. The number of ether oxygens (including phenoxy) is 2. The van der Waals surface area contributed by atoms with Gasteiger partial charge in [0.25, 0.3) is 5.91 Å². The molecule has 0 bridgehead atoms. The number of carbonyl (C=O) groups excluding carboxylic acids is 1. The predicted octanol–water partition coefficient (Wildman–Crippen LogP) is 3.69. The highest BCUT2D eigenvalue weighted by atomic mass is 35.5. The van der Waals surface area contributed by atoms with Crippen LogP contribution in [0.2, 0.25) is 5.02 Å². The summed E-state index contributed by atoms with van der Waals surface area (Å²) < 4.78 is 38.1. The van der Waals surface area contributed by atoms with Gasteiger partial charge < -0.3 is 14.8 Å². The zero-order chi connectivity index (χ0) is 21.1. The van der Waals surface area contributed by atoms with Crippen molar-refractivity contribution in [1.82, 2.24) is 4.72 Å². The summed E-state index contributed by atoms with van der Waals surface area (Å²) in [5.74, 6) is 0.485. The number of anilines is 1. The number of amides is 1. The highest BCUT2D eigenvalue weighted by Gasteiger charge is 2.25. The highest BCUT2D eigenvalue weighted by Crippen LogP contribution is 2.30. The van der Waals surface area contributed by atoms with Crippen molar-refractivity contribution < 1.29 is 22.7 Å². The fourth-order valence-electron chi connectivity index (χ4n) is 2.43. The van der Waals surface area contributed by atoms with E-state index in [1.54, 1.807) is 39.0 Å². The van der Waals surface area contributed by atoms with Crippen molar-refractivity contribution in [2.45, 2.75) is 31.2 Å². The molecule has 0 saturated carbocycles. The predicted molar refractivity (Wildman–Crippen MR) is 109 cm³/mol. The van der Waals surface area contributed by atoms with E-state index in [1.165, 1.54) is 32.4 Å². The number of halogens is 1. The van der Waals surface area contributed by atoms with Crippen molar-refractivity contribution >= 4 is 33.2 Å². The van der Waals surface area contributed by atoms with Gasteiger partial charge in [0.2, 0.25) is 10.0 Å². The summed E-state index contributed by atoms with van der Waals surface area (Å²) in [6, 6.07) is 8.97. The molecule has 2 N–H and O–H groups in total. The molecule has 0 aliphatic heterocycles. The fraction of sp³-hybridized carbons (Fsp3) is 0.316. The Kier molecular flexibility index (Phi) is 6.59. The number of hydrogen-bond acceptors (Lipinski definition) is 5. The molecule has 2 rings (SSSR count). The molecular formula is C19H23ClN2O5S. The number of sulfonamides is 1. The minimum atomic E-state index is -3.90. The molecule has 0 aromatic heterocycles. The summed E-state index contributed by atoms with van der Waals surface area (Å²) in [5.41, 5.74) is -0.0802. The van der Waals surface area contributed by atoms with Crippen LogP contribution in [0.15, 0.2) is 41.3 Å². The van der Waals surface area contributed by atoms with Gasteiger partial charge in [-0.15, -0.1) is 0 Å². The minimum absolute atomic E-state index is 0.0272. The molecule has 1 amide bonds. The van der Waals surface area contributed by atoms with Crippen LogP contribution in [0, 0.1) is 0 Å². The Balaban J connectivity index is 2.33. The summed E-state index contributed by atoms with van der Waals surface area (Å²) in [5, 5.41) is 2.73. The second-order valence-electron chi connectivity index (χ2n) is 7.02. The van der Waals surface area contributed by atoms with Gasteiger partial charge in [-0.2, -0.15) is 0 Å². The maximum absolute atomic E-state index is 12.6. The number of methoxy groups -OCH3 is 2. The second kappa shape index (κ2) is 8.38. The van der Waals surface area contributed by atoms with Crippen molar-refractivity contribution in [3.63, 3.8) is 0 Å². The standard InChI is InChI=1S/C19H23ClN2O5S/c1-19(2,3)22-28(24,25)17-10-12(6-8-14(17)20)18(23)21-13-7-9-15(26-4)16(11-13)27-5/h6-11,22H,1-5H3,(H,21,23). The molecule has 7 nitrogen and oxygen atoms in total. The second-order valence-corrected chi connectivity index (χ2v) is 9.08. The average molecular weight is 427 g/mol. The van der Waals surface area contributed by atoms with Gasteiger partial charge in [-0.25, -0.2) is 13.1 Å². The van der Waals surface area contributed by atoms with Gasteiger partial charge in [0.1, 0.15) is 4.90 Å². The molecule has 0 aliphatic carbocycles. The molecule has 9 heteroatoms. The Bertz CT molecular complexity index is 984. The van der Waals surface area contributed by atoms with Gasteiger partial charge in [0.05, 0.1) is 19.2 Å². The average Bonchev–Trinajstić information content (AvgIpc) is 2.59. The fourth-order valence-corrected chi connectivity index (χ4v) is 4.37. The van der Waals surface area contributed by atoms with Gasteiger partial charge in [0, 0.05) is 22.9 Å². The van der Waals surface area contributed by atoms with E-state index in [-0.39, 0.29) is 15.5 Å². The normalized spacial score (nSPS) is 11.8. The molecule has 2 aromatic rings. The third kappa shape index (κ3) is 5.37. The minimum Gasteiger partial charge on any atom is -0.493 e. The van der Waals surface area contributed by atoms with Gasteiger partial charge in [0.15, 0.2) is 11.5 Å². The van der Waals surface area contributed by atoms with Crippen LogP contribution >= 0.6 is 11.6 Å². The molecule has 0 unspecified atom stereocenters. The molecule has 0 atom stereocenters. The zero-order valence-corrected chi connectivity index (χ0v) is 17.9. The Labute approximate surface area is 170 Å². The van der Waals surface area contributed by atoms with Gasteiger partial charge in [-0.05, 0) is 51.1 Å². The lowest BCUT2D eigenvalue weighted by molar-refractivity contribution is 0.102. The van der Waals surface area contributed by atoms with Crippen molar-refractivity contribution in [2.75, 3.05) is 19.5 Å². The van der Waals surface area contributed by atoms with Crippen LogP contribution in [0.25, 0.3) is 0 Å². The molecule has 152 valence electrons. The van der Waals surface area contributed by atoms with E-state index in [9.17, 15) is 13.2 Å². The first kappa shape index (κ1) is 22.0. The first-order chi connectivity index (χ1) is 13.0. The Morgan fingerprint density at radius 1 is 1.00 bits per heavy atom. The van der Waals surface area contributed by atoms with Crippen LogP contribution in [0.5, 0.6) is 11.5 Å². The van der Waals surface area contributed by atoms with E-state index in [2.05, 4.69) is 10.0 Å². The first-order valence-electron chi connectivity index (χ1n) is 8.34. The summed E-state index contributed by atoms with van der Waals surface area (Å²) in [6.45, 7) is 5.14. The van der Waals surface area contributed by atoms with E-state index >= 15 is 0 Å². The lowest BCUT2D eigenvalue weighted by Crippen LogP contribution is -2.40. The molecule has 0 fully saturated rings. The molecule has 0 radical (unpaired) electrons. The number of rotatable bonds is 6.